The van der Waals surface area contributed by atoms with Crippen molar-refractivity contribution in [3.8, 4) is 5.75 Å². The van der Waals surface area contributed by atoms with E-state index in [-0.39, 0.29) is 11.2 Å². The van der Waals surface area contributed by atoms with Crippen molar-refractivity contribution in [2.24, 2.45) is 0 Å². The molecule has 0 atom stereocenters. The molecule has 0 N–H and O–H groups in total. The van der Waals surface area contributed by atoms with Crippen LogP contribution in [0.5, 0.6) is 5.75 Å². The lowest BCUT2D eigenvalue weighted by molar-refractivity contribution is 0.103. The van der Waals surface area contributed by atoms with Crippen LogP contribution < -0.4 is 4.74 Å². The Balaban J connectivity index is 1.88. The van der Waals surface area contributed by atoms with Gasteiger partial charge in [-0.05, 0) is 34.7 Å². The Kier molecular flexibility index (Phi) is 3.32. The molecule has 3 rings (SSSR count). The molecule has 0 unspecified atom stereocenters. The van der Waals surface area contributed by atoms with E-state index in [9.17, 15) is 4.79 Å². The monoisotopic (exact) mass is 280 g/mol. The van der Waals surface area contributed by atoms with Crippen LogP contribution in [0, 0.1) is 0 Å². The van der Waals surface area contributed by atoms with Gasteiger partial charge in [0.15, 0.2) is 5.78 Å². The molecule has 1 aliphatic heterocycles. The zero-order valence-electron chi connectivity index (χ0n) is 12.8. The highest BCUT2D eigenvalue weighted by Crippen LogP contribution is 2.27. The minimum Gasteiger partial charge on any atom is -0.493 e. The summed E-state index contributed by atoms with van der Waals surface area (Å²) < 4.78 is 5.48. The zero-order chi connectivity index (χ0) is 15.0. The maximum Gasteiger partial charge on any atom is 0.193 e. The first-order valence-electron chi connectivity index (χ1n) is 7.36. The molecule has 108 valence electrons. The predicted octanol–water partition coefficient (Wildman–Crippen LogP) is 4.15. The average molecular weight is 280 g/mol. The summed E-state index contributed by atoms with van der Waals surface area (Å²) in [6, 6.07) is 13.7. The summed E-state index contributed by atoms with van der Waals surface area (Å²) in [7, 11) is 0. The molecule has 0 radical (unpaired) electrons. The van der Waals surface area contributed by atoms with Crippen molar-refractivity contribution in [1.82, 2.24) is 0 Å². The first-order valence-corrected chi connectivity index (χ1v) is 7.36. The molecule has 0 aliphatic carbocycles. The van der Waals surface area contributed by atoms with E-state index in [0.29, 0.717) is 6.61 Å². The van der Waals surface area contributed by atoms with Crippen molar-refractivity contribution in [2.45, 2.75) is 32.6 Å². The summed E-state index contributed by atoms with van der Waals surface area (Å²) in [5.74, 6) is 0.986. The number of benzene rings is 2. The third-order valence-corrected chi connectivity index (χ3v) is 3.96. The second kappa shape index (κ2) is 5.03. The molecule has 0 saturated heterocycles. The average Bonchev–Trinajstić information content (AvgIpc) is 2.93. The summed E-state index contributed by atoms with van der Waals surface area (Å²) in [6.45, 7) is 7.23. The fourth-order valence-electron chi connectivity index (χ4n) is 2.62. The predicted molar refractivity (Wildman–Crippen MR) is 84.2 cm³/mol. The minimum absolute atomic E-state index is 0.0742. The number of ether oxygens (including phenoxy) is 1. The molecule has 0 spiro atoms. The van der Waals surface area contributed by atoms with Crippen LogP contribution >= 0.6 is 0 Å². The Morgan fingerprint density at radius 2 is 1.67 bits per heavy atom. The molecule has 2 heteroatoms. The van der Waals surface area contributed by atoms with Crippen molar-refractivity contribution < 1.29 is 9.53 Å². The van der Waals surface area contributed by atoms with E-state index in [1.165, 1.54) is 5.56 Å². The van der Waals surface area contributed by atoms with Gasteiger partial charge in [-0.25, -0.2) is 0 Å². The molecule has 1 aliphatic rings. The molecule has 2 aromatic carbocycles. The van der Waals surface area contributed by atoms with Crippen molar-refractivity contribution in [2.75, 3.05) is 6.61 Å². The standard InChI is InChI=1S/C19H20O2/c1-19(2,3)16-7-4-13(5-8-16)18(20)15-6-9-17-14(12-15)10-11-21-17/h4-9,12H,10-11H2,1-3H3. The third-order valence-electron chi connectivity index (χ3n) is 3.96. The highest BCUT2D eigenvalue weighted by atomic mass is 16.5. The van der Waals surface area contributed by atoms with Gasteiger partial charge in [0.25, 0.3) is 0 Å². The fraction of sp³-hybridized carbons (Fsp3) is 0.316. The van der Waals surface area contributed by atoms with E-state index in [1.807, 2.05) is 42.5 Å². The van der Waals surface area contributed by atoms with Crippen LogP contribution in [-0.2, 0) is 11.8 Å². The smallest absolute Gasteiger partial charge is 0.193 e. The molecule has 0 aromatic heterocycles. The van der Waals surface area contributed by atoms with Crippen molar-refractivity contribution in [1.29, 1.82) is 0 Å². The fourth-order valence-corrected chi connectivity index (χ4v) is 2.62. The normalized spacial score (nSPS) is 13.7. The zero-order valence-corrected chi connectivity index (χ0v) is 12.8. The van der Waals surface area contributed by atoms with E-state index in [2.05, 4.69) is 20.8 Å². The number of carbonyl (C=O) groups is 1. The third kappa shape index (κ3) is 2.71. The SMILES string of the molecule is CC(C)(C)c1ccc(C(=O)c2ccc3c(c2)CCO3)cc1. The Hall–Kier alpha value is -2.09. The maximum absolute atomic E-state index is 12.6. The van der Waals surface area contributed by atoms with Gasteiger partial charge in [0.1, 0.15) is 5.75 Å². The van der Waals surface area contributed by atoms with Gasteiger partial charge in [-0.15, -0.1) is 0 Å². The molecule has 2 nitrogen and oxygen atoms in total. The first kappa shape index (κ1) is 13.9. The van der Waals surface area contributed by atoms with E-state index in [1.54, 1.807) is 0 Å². The molecule has 0 bridgehead atoms. The lowest BCUT2D eigenvalue weighted by atomic mass is 9.86. The first-order chi connectivity index (χ1) is 9.95. The number of hydrogen-bond donors (Lipinski definition) is 0. The second-order valence-electron chi connectivity index (χ2n) is 6.58. The minimum atomic E-state index is 0.0742. The summed E-state index contributed by atoms with van der Waals surface area (Å²) in [6.07, 6.45) is 0.888. The molecule has 0 amide bonds. The molecular formula is C19H20O2. The van der Waals surface area contributed by atoms with Crippen LogP contribution in [0.2, 0.25) is 0 Å². The Bertz CT molecular complexity index is 676. The molecule has 0 saturated carbocycles. The van der Waals surface area contributed by atoms with Gasteiger partial charge in [-0.3, -0.25) is 4.79 Å². The van der Waals surface area contributed by atoms with Gasteiger partial charge < -0.3 is 4.74 Å². The molecule has 1 heterocycles. The summed E-state index contributed by atoms with van der Waals surface area (Å²) >= 11 is 0. The largest absolute Gasteiger partial charge is 0.493 e. The highest BCUT2D eigenvalue weighted by Gasteiger charge is 2.17. The summed E-state index contributed by atoms with van der Waals surface area (Å²) in [5.41, 5.74) is 3.95. The Labute approximate surface area is 125 Å². The van der Waals surface area contributed by atoms with Gasteiger partial charge >= 0.3 is 0 Å². The number of rotatable bonds is 2. The van der Waals surface area contributed by atoms with Crippen molar-refractivity contribution >= 4 is 5.78 Å². The van der Waals surface area contributed by atoms with E-state index < -0.39 is 0 Å². The van der Waals surface area contributed by atoms with Crippen LogP contribution in [0.3, 0.4) is 0 Å². The molecule has 2 aromatic rings. The van der Waals surface area contributed by atoms with E-state index in [4.69, 9.17) is 4.74 Å². The van der Waals surface area contributed by atoms with Gasteiger partial charge in [-0.1, -0.05) is 45.0 Å². The number of carbonyl (C=O) groups excluding carboxylic acids is 1. The number of ketones is 1. The van der Waals surface area contributed by atoms with Crippen molar-refractivity contribution in [3.63, 3.8) is 0 Å². The second-order valence-corrected chi connectivity index (χ2v) is 6.58. The Morgan fingerprint density at radius 3 is 2.33 bits per heavy atom. The van der Waals surface area contributed by atoms with Crippen LogP contribution in [-0.4, -0.2) is 12.4 Å². The van der Waals surface area contributed by atoms with Crippen LogP contribution in [0.25, 0.3) is 0 Å². The van der Waals surface area contributed by atoms with Gasteiger partial charge in [0.05, 0.1) is 6.61 Å². The van der Waals surface area contributed by atoms with Crippen LogP contribution in [0.1, 0.15) is 47.8 Å². The summed E-state index contributed by atoms with van der Waals surface area (Å²) in [4.78, 5) is 12.6. The van der Waals surface area contributed by atoms with Gasteiger partial charge in [-0.2, -0.15) is 0 Å². The molecular weight excluding hydrogens is 260 g/mol. The van der Waals surface area contributed by atoms with Gasteiger partial charge in [0, 0.05) is 17.5 Å². The van der Waals surface area contributed by atoms with Crippen molar-refractivity contribution in [3.05, 3.63) is 64.7 Å². The molecule has 21 heavy (non-hydrogen) atoms. The summed E-state index contributed by atoms with van der Waals surface area (Å²) in [5, 5.41) is 0. The van der Waals surface area contributed by atoms with E-state index in [0.717, 1.165) is 28.9 Å². The topological polar surface area (TPSA) is 26.3 Å². The molecule has 0 fully saturated rings. The number of hydrogen-bond acceptors (Lipinski definition) is 2. The maximum atomic E-state index is 12.6. The highest BCUT2D eigenvalue weighted by molar-refractivity contribution is 6.09. The van der Waals surface area contributed by atoms with Crippen LogP contribution in [0.4, 0.5) is 0 Å². The lowest BCUT2D eigenvalue weighted by Crippen LogP contribution is -2.11. The van der Waals surface area contributed by atoms with E-state index >= 15 is 0 Å². The van der Waals surface area contributed by atoms with Gasteiger partial charge in [0.2, 0.25) is 0 Å². The van der Waals surface area contributed by atoms with Crippen LogP contribution in [0.15, 0.2) is 42.5 Å². The lowest BCUT2D eigenvalue weighted by Gasteiger charge is -2.19. The quantitative estimate of drug-likeness (QED) is 0.772. The Morgan fingerprint density at radius 1 is 1.00 bits per heavy atom. The number of fused-ring (bicyclic) bond motifs is 1.